The number of aryl methyl sites for hydroxylation is 1. The lowest BCUT2D eigenvalue weighted by molar-refractivity contribution is -0.126. The van der Waals surface area contributed by atoms with E-state index in [0.29, 0.717) is 19.6 Å². The first-order valence-corrected chi connectivity index (χ1v) is 11.4. The van der Waals surface area contributed by atoms with Gasteiger partial charge in [-0.05, 0) is 55.2 Å². The van der Waals surface area contributed by atoms with Crippen molar-refractivity contribution in [3.63, 3.8) is 0 Å². The second-order valence-corrected chi connectivity index (χ2v) is 8.57. The molecule has 2 aliphatic heterocycles. The zero-order chi connectivity index (χ0) is 22.3. The van der Waals surface area contributed by atoms with Crippen molar-refractivity contribution < 1.29 is 14.3 Å². The Balaban J connectivity index is 1.26. The van der Waals surface area contributed by atoms with E-state index in [4.69, 9.17) is 4.74 Å². The number of benzene rings is 2. The van der Waals surface area contributed by atoms with Gasteiger partial charge in [0.25, 0.3) is 0 Å². The summed E-state index contributed by atoms with van der Waals surface area (Å²) in [5.74, 6) is -0.171. The molecule has 0 spiro atoms. The predicted octanol–water partition coefficient (Wildman–Crippen LogP) is 3.39. The number of carbonyl (C=O) groups excluding carboxylic acids is 2. The van der Waals surface area contributed by atoms with Crippen molar-refractivity contribution >= 4 is 23.3 Å². The molecule has 2 fully saturated rings. The zero-order valence-electron chi connectivity index (χ0n) is 18.7. The summed E-state index contributed by atoms with van der Waals surface area (Å²) in [6.45, 7) is 6.95. The number of anilines is 2. The number of nitrogens with zero attached hydrogens (tertiary/aromatic N) is 2. The standard InChI is InChI=1S/C25H32N4O3/c1-19-4-2-6-22(16-19)27-25(31)29-11-3-5-21(18-29)24(30)26-17-20-7-9-23(10-8-20)28-12-14-32-15-13-28/h2,4,6-10,16,21H,3,5,11-15,17-18H2,1H3,(H,26,30)(H,27,31). The summed E-state index contributed by atoms with van der Waals surface area (Å²) in [5, 5.41) is 6.00. The molecule has 2 saturated heterocycles. The minimum atomic E-state index is -0.181. The number of ether oxygens (including phenoxy) is 1. The van der Waals surface area contributed by atoms with Gasteiger partial charge >= 0.3 is 6.03 Å². The molecule has 2 aromatic carbocycles. The van der Waals surface area contributed by atoms with E-state index in [1.165, 1.54) is 5.69 Å². The number of morpholine rings is 1. The van der Waals surface area contributed by atoms with Crippen LogP contribution >= 0.6 is 0 Å². The van der Waals surface area contributed by atoms with Crippen molar-refractivity contribution in [2.24, 2.45) is 5.92 Å². The van der Waals surface area contributed by atoms with E-state index in [-0.39, 0.29) is 17.9 Å². The third kappa shape index (κ3) is 5.79. The molecular formula is C25H32N4O3. The van der Waals surface area contributed by atoms with Gasteiger partial charge in [0, 0.05) is 44.1 Å². The number of likely N-dealkylation sites (tertiary alicyclic amines) is 1. The molecular weight excluding hydrogens is 404 g/mol. The Bertz CT molecular complexity index is 925. The van der Waals surface area contributed by atoms with Crippen molar-refractivity contribution in [3.8, 4) is 0 Å². The maximum atomic E-state index is 12.8. The third-order valence-corrected chi connectivity index (χ3v) is 6.13. The fraction of sp³-hybridized carbons (Fsp3) is 0.440. The third-order valence-electron chi connectivity index (χ3n) is 6.13. The highest BCUT2D eigenvalue weighted by Crippen LogP contribution is 2.20. The molecule has 1 unspecified atom stereocenters. The lowest BCUT2D eigenvalue weighted by atomic mass is 9.97. The fourth-order valence-corrected chi connectivity index (χ4v) is 4.28. The quantitative estimate of drug-likeness (QED) is 0.754. The van der Waals surface area contributed by atoms with E-state index >= 15 is 0 Å². The van der Waals surface area contributed by atoms with Crippen molar-refractivity contribution in [2.45, 2.75) is 26.3 Å². The van der Waals surface area contributed by atoms with Crippen LogP contribution in [0.3, 0.4) is 0 Å². The molecule has 0 aliphatic carbocycles. The summed E-state index contributed by atoms with van der Waals surface area (Å²) < 4.78 is 5.41. The van der Waals surface area contributed by atoms with Gasteiger partial charge < -0.3 is 25.2 Å². The van der Waals surface area contributed by atoms with Crippen LogP contribution in [0.15, 0.2) is 48.5 Å². The van der Waals surface area contributed by atoms with Gasteiger partial charge in [0.2, 0.25) is 5.91 Å². The highest BCUT2D eigenvalue weighted by atomic mass is 16.5. The first kappa shape index (κ1) is 22.1. The van der Waals surface area contributed by atoms with Crippen molar-refractivity contribution in [1.82, 2.24) is 10.2 Å². The van der Waals surface area contributed by atoms with Crippen molar-refractivity contribution in [3.05, 3.63) is 59.7 Å². The van der Waals surface area contributed by atoms with Crippen LogP contribution in [0.5, 0.6) is 0 Å². The van der Waals surface area contributed by atoms with Gasteiger partial charge in [0.1, 0.15) is 0 Å². The van der Waals surface area contributed by atoms with Crippen LogP contribution < -0.4 is 15.5 Å². The maximum Gasteiger partial charge on any atom is 0.321 e. The highest BCUT2D eigenvalue weighted by Gasteiger charge is 2.28. The van der Waals surface area contributed by atoms with Crippen LogP contribution in [0.25, 0.3) is 0 Å². The molecule has 0 aromatic heterocycles. The topological polar surface area (TPSA) is 73.9 Å². The zero-order valence-corrected chi connectivity index (χ0v) is 18.7. The lowest BCUT2D eigenvalue weighted by Gasteiger charge is -2.32. The average molecular weight is 437 g/mol. The molecule has 2 aromatic rings. The summed E-state index contributed by atoms with van der Waals surface area (Å²) in [4.78, 5) is 29.5. The van der Waals surface area contributed by atoms with Gasteiger partial charge in [-0.2, -0.15) is 0 Å². The number of nitrogens with one attached hydrogen (secondary N) is 2. The summed E-state index contributed by atoms with van der Waals surface area (Å²) in [7, 11) is 0. The monoisotopic (exact) mass is 436 g/mol. The van der Waals surface area contributed by atoms with Crippen LogP contribution in [0.1, 0.15) is 24.0 Å². The SMILES string of the molecule is Cc1cccc(NC(=O)N2CCCC(C(=O)NCc3ccc(N4CCOCC4)cc3)C2)c1. The Morgan fingerprint density at radius 3 is 2.59 bits per heavy atom. The predicted molar refractivity (Wildman–Crippen MR) is 126 cm³/mol. The molecule has 2 N–H and O–H groups in total. The van der Waals surface area contributed by atoms with E-state index in [9.17, 15) is 9.59 Å². The van der Waals surface area contributed by atoms with Gasteiger partial charge in [0.05, 0.1) is 19.1 Å². The van der Waals surface area contributed by atoms with Crippen LogP contribution in [0.4, 0.5) is 16.2 Å². The number of urea groups is 1. The summed E-state index contributed by atoms with van der Waals surface area (Å²) in [5.41, 5.74) is 4.13. The Morgan fingerprint density at radius 1 is 1.06 bits per heavy atom. The number of amides is 3. The average Bonchev–Trinajstić information content (AvgIpc) is 2.83. The fourth-order valence-electron chi connectivity index (χ4n) is 4.28. The largest absolute Gasteiger partial charge is 0.378 e. The number of hydrogen-bond donors (Lipinski definition) is 2. The molecule has 0 bridgehead atoms. The minimum absolute atomic E-state index is 0.00955. The van der Waals surface area contributed by atoms with Crippen LogP contribution in [0.2, 0.25) is 0 Å². The summed E-state index contributed by atoms with van der Waals surface area (Å²) in [6, 6.07) is 15.9. The molecule has 4 rings (SSSR count). The van der Waals surface area contributed by atoms with Crippen molar-refractivity contribution in [2.75, 3.05) is 49.6 Å². The van der Waals surface area contributed by atoms with Gasteiger partial charge in [-0.25, -0.2) is 4.79 Å². The molecule has 2 aliphatic rings. The Hall–Kier alpha value is -3.06. The second kappa shape index (κ2) is 10.5. The smallest absolute Gasteiger partial charge is 0.321 e. The maximum absolute atomic E-state index is 12.8. The summed E-state index contributed by atoms with van der Waals surface area (Å²) >= 11 is 0. The first-order valence-electron chi connectivity index (χ1n) is 11.4. The normalized spacial score (nSPS) is 18.8. The first-order chi connectivity index (χ1) is 15.6. The van der Waals surface area contributed by atoms with Crippen LogP contribution in [-0.4, -0.2) is 56.2 Å². The van der Waals surface area contributed by atoms with E-state index < -0.39 is 0 Å². The van der Waals surface area contributed by atoms with E-state index in [1.807, 2.05) is 31.2 Å². The Kier molecular flexibility index (Phi) is 7.27. The number of piperidine rings is 1. The molecule has 2 heterocycles. The van der Waals surface area contributed by atoms with Gasteiger partial charge in [-0.3, -0.25) is 4.79 Å². The second-order valence-electron chi connectivity index (χ2n) is 8.57. The van der Waals surface area contributed by atoms with E-state index in [1.54, 1.807) is 4.90 Å². The Morgan fingerprint density at radius 2 is 1.84 bits per heavy atom. The molecule has 0 radical (unpaired) electrons. The van der Waals surface area contributed by atoms with Crippen LogP contribution in [-0.2, 0) is 16.1 Å². The molecule has 32 heavy (non-hydrogen) atoms. The molecule has 170 valence electrons. The molecule has 7 nitrogen and oxygen atoms in total. The van der Waals surface area contributed by atoms with Gasteiger partial charge in [-0.15, -0.1) is 0 Å². The molecule has 1 atom stereocenters. The molecule has 3 amide bonds. The number of rotatable bonds is 5. The molecule has 7 heteroatoms. The number of hydrogen-bond acceptors (Lipinski definition) is 4. The lowest BCUT2D eigenvalue weighted by Crippen LogP contribution is -2.46. The van der Waals surface area contributed by atoms with Crippen molar-refractivity contribution in [1.29, 1.82) is 0 Å². The minimum Gasteiger partial charge on any atom is -0.378 e. The van der Waals surface area contributed by atoms with Crippen LogP contribution in [0, 0.1) is 12.8 Å². The highest BCUT2D eigenvalue weighted by molar-refractivity contribution is 5.90. The molecule has 0 saturated carbocycles. The number of carbonyl (C=O) groups is 2. The van der Waals surface area contributed by atoms with E-state index in [2.05, 4.69) is 39.8 Å². The van der Waals surface area contributed by atoms with E-state index in [0.717, 1.165) is 56.0 Å². The van der Waals surface area contributed by atoms with Gasteiger partial charge in [-0.1, -0.05) is 24.3 Å². The Labute approximate surface area is 189 Å². The summed E-state index contributed by atoms with van der Waals surface area (Å²) in [6.07, 6.45) is 1.63. The van der Waals surface area contributed by atoms with Gasteiger partial charge in [0.15, 0.2) is 0 Å².